The van der Waals surface area contributed by atoms with Crippen LogP contribution in [0.5, 0.6) is 0 Å². The van der Waals surface area contributed by atoms with E-state index < -0.39 is 12.4 Å². The van der Waals surface area contributed by atoms with Crippen LogP contribution in [0.2, 0.25) is 0 Å². The molecule has 0 N–H and O–H groups in total. The number of alkyl halides is 3. The van der Waals surface area contributed by atoms with E-state index in [-0.39, 0.29) is 5.33 Å². The second-order valence-electron chi connectivity index (χ2n) is 3.75. The molecule has 0 radical (unpaired) electrons. The summed E-state index contributed by atoms with van der Waals surface area (Å²) in [5.74, 6) is 0. The Balaban J connectivity index is 2.77. The fourth-order valence-corrected chi connectivity index (χ4v) is 4.81. The minimum absolute atomic E-state index is 0.242. The summed E-state index contributed by atoms with van der Waals surface area (Å²) in [6, 6.07) is 12.7. The summed E-state index contributed by atoms with van der Waals surface area (Å²) in [5, 5.41) is 1.87. The summed E-state index contributed by atoms with van der Waals surface area (Å²) >= 11 is 9.61. The Morgan fingerprint density at radius 3 is 2.28 bits per heavy atom. The van der Waals surface area contributed by atoms with E-state index in [4.69, 9.17) is 0 Å². The number of benzene rings is 2. The van der Waals surface area contributed by atoms with E-state index in [2.05, 4.69) is 47.8 Å². The Labute approximate surface area is 131 Å². The molecule has 0 aliphatic heterocycles. The Bertz CT molecular complexity index is 675. The lowest BCUT2D eigenvalue weighted by molar-refractivity contribution is 0.595. The van der Waals surface area contributed by atoms with Gasteiger partial charge < -0.3 is 0 Å². The van der Waals surface area contributed by atoms with E-state index in [0.29, 0.717) is 4.90 Å². The van der Waals surface area contributed by atoms with Crippen LogP contribution >= 0.6 is 47.8 Å². The summed E-state index contributed by atoms with van der Waals surface area (Å²) in [7, 11) is -3.53. The molecule has 0 fully saturated rings. The van der Waals surface area contributed by atoms with Crippen molar-refractivity contribution in [2.45, 2.75) is 7.46 Å². The fraction of sp³-hybridized carbons (Fsp3) is 0.167. The minimum atomic E-state index is -3.53. The molecule has 0 aromatic heterocycles. The summed E-state index contributed by atoms with van der Waals surface area (Å²) < 4.78 is 24.0. The first-order chi connectivity index (χ1) is 8.40. The minimum Gasteiger partial charge on any atom is -0.221 e. The first kappa shape index (κ1) is 14.5. The second-order valence-corrected chi connectivity index (χ2v) is 11.3. The van der Waals surface area contributed by atoms with Crippen molar-refractivity contribution >= 4 is 68.4 Å². The molecular weight excluding hydrogens is 448 g/mol. The number of sulfone groups is 1. The lowest BCUT2D eigenvalue weighted by Crippen LogP contribution is -2.27. The largest absolute Gasteiger partial charge is 0.221 e. The summed E-state index contributed by atoms with van der Waals surface area (Å²) in [6.07, 6.45) is 0. The third kappa shape index (κ3) is 2.40. The van der Waals surface area contributed by atoms with Crippen molar-refractivity contribution in [2.75, 3.05) is 5.33 Å². The van der Waals surface area contributed by atoms with Gasteiger partial charge in [-0.15, -0.1) is 0 Å². The van der Waals surface area contributed by atoms with E-state index in [1.54, 1.807) is 12.1 Å². The highest BCUT2D eigenvalue weighted by molar-refractivity contribution is 9.28. The number of halogens is 3. The van der Waals surface area contributed by atoms with Crippen molar-refractivity contribution in [3.05, 3.63) is 42.5 Å². The highest BCUT2D eigenvalue weighted by Crippen LogP contribution is 2.41. The smallest absolute Gasteiger partial charge is 0.205 e. The molecule has 0 atom stereocenters. The van der Waals surface area contributed by atoms with E-state index >= 15 is 0 Å². The summed E-state index contributed by atoms with van der Waals surface area (Å²) in [4.78, 5) is 0.314. The van der Waals surface area contributed by atoms with Gasteiger partial charge in [0.25, 0.3) is 0 Å². The van der Waals surface area contributed by atoms with Crippen LogP contribution in [0.15, 0.2) is 47.4 Å². The van der Waals surface area contributed by atoms with Crippen LogP contribution in [0.25, 0.3) is 10.8 Å². The van der Waals surface area contributed by atoms with Gasteiger partial charge in [0.1, 0.15) is 0 Å². The Hall–Kier alpha value is 0.0900. The quantitative estimate of drug-likeness (QED) is 0.639. The van der Waals surface area contributed by atoms with Crippen molar-refractivity contribution in [2.24, 2.45) is 0 Å². The van der Waals surface area contributed by atoms with Crippen LogP contribution in [0.1, 0.15) is 0 Å². The van der Waals surface area contributed by atoms with Crippen LogP contribution in [0.3, 0.4) is 0 Å². The van der Waals surface area contributed by atoms with Gasteiger partial charge in [0, 0.05) is 10.7 Å². The first-order valence-corrected chi connectivity index (χ1v) is 9.25. The Morgan fingerprint density at radius 2 is 1.61 bits per heavy atom. The molecule has 0 unspecified atom stereocenters. The van der Waals surface area contributed by atoms with Crippen molar-refractivity contribution in [1.29, 1.82) is 0 Å². The lowest BCUT2D eigenvalue weighted by atomic mass is 10.1. The molecule has 96 valence electrons. The molecule has 6 heteroatoms. The van der Waals surface area contributed by atoms with Gasteiger partial charge in [0.15, 0.2) is 2.57 Å². The molecule has 0 aliphatic carbocycles. The third-order valence-electron chi connectivity index (χ3n) is 2.59. The average Bonchev–Trinajstić information content (AvgIpc) is 2.37. The van der Waals surface area contributed by atoms with E-state index in [0.717, 1.165) is 10.8 Å². The van der Waals surface area contributed by atoms with Crippen LogP contribution in [0.4, 0.5) is 0 Å². The highest BCUT2D eigenvalue weighted by Gasteiger charge is 2.39. The molecule has 2 rings (SSSR count). The molecule has 0 spiro atoms. The predicted octanol–water partition coefficient (Wildman–Crippen LogP) is 4.45. The van der Waals surface area contributed by atoms with Crippen molar-refractivity contribution in [1.82, 2.24) is 0 Å². The van der Waals surface area contributed by atoms with Gasteiger partial charge in [-0.1, -0.05) is 84.2 Å². The van der Waals surface area contributed by atoms with Gasteiger partial charge in [-0.05, 0) is 11.5 Å². The van der Waals surface area contributed by atoms with Crippen LogP contribution in [-0.4, -0.2) is 16.3 Å². The maximum atomic E-state index is 12.6. The normalized spacial score (nSPS) is 12.8. The van der Waals surface area contributed by atoms with Crippen LogP contribution in [-0.2, 0) is 9.84 Å². The van der Waals surface area contributed by atoms with Crippen molar-refractivity contribution in [3.63, 3.8) is 0 Å². The van der Waals surface area contributed by atoms with Gasteiger partial charge in [-0.2, -0.15) is 0 Å². The maximum absolute atomic E-state index is 12.6. The molecule has 2 nitrogen and oxygen atoms in total. The topological polar surface area (TPSA) is 34.1 Å². The molecule has 0 bridgehead atoms. The molecule has 2 aromatic rings. The highest BCUT2D eigenvalue weighted by atomic mass is 79.9. The monoisotopic (exact) mass is 454 g/mol. The number of fused-ring (bicyclic) bond motifs is 1. The van der Waals surface area contributed by atoms with Gasteiger partial charge in [-0.3, -0.25) is 0 Å². The first-order valence-electron chi connectivity index (χ1n) is 5.06. The third-order valence-corrected chi connectivity index (χ3v) is 10.3. The second kappa shape index (κ2) is 5.23. The number of hydrogen-bond donors (Lipinski definition) is 0. The van der Waals surface area contributed by atoms with Gasteiger partial charge in [0.05, 0.1) is 4.90 Å². The van der Waals surface area contributed by atoms with Crippen LogP contribution in [0, 0.1) is 0 Å². The summed E-state index contributed by atoms with van der Waals surface area (Å²) in [5.41, 5.74) is 0. The zero-order chi connectivity index (χ0) is 13.4. The maximum Gasteiger partial charge on any atom is 0.205 e. The Kier molecular flexibility index (Phi) is 4.21. The standard InChI is InChI=1S/C12H9Br3O2S/c13-8-12(14,15)18(16,17)11-7-3-5-9-4-1-2-6-10(9)11/h1-7H,8H2. The van der Waals surface area contributed by atoms with E-state index in [1.807, 2.05) is 30.3 Å². The van der Waals surface area contributed by atoms with Crippen molar-refractivity contribution < 1.29 is 8.42 Å². The average molecular weight is 457 g/mol. The molecule has 0 aliphatic rings. The molecular formula is C12H9Br3O2S. The number of rotatable bonds is 3. The summed E-state index contributed by atoms with van der Waals surface area (Å²) in [6.45, 7) is 0. The molecule has 0 heterocycles. The molecule has 0 amide bonds. The van der Waals surface area contributed by atoms with Crippen LogP contribution < -0.4 is 0 Å². The Morgan fingerprint density at radius 1 is 1.00 bits per heavy atom. The zero-order valence-electron chi connectivity index (χ0n) is 9.11. The molecule has 2 aromatic carbocycles. The van der Waals surface area contributed by atoms with E-state index in [9.17, 15) is 8.42 Å². The predicted molar refractivity (Wildman–Crippen MR) is 85.5 cm³/mol. The lowest BCUT2D eigenvalue weighted by Gasteiger charge is -2.19. The van der Waals surface area contributed by atoms with Gasteiger partial charge in [0.2, 0.25) is 9.84 Å². The SMILES string of the molecule is O=S(=O)(c1cccc2ccccc12)C(Br)(Br)CBr. The number of hydrogen-bond acceptors (Lipinski definition) is 2. The van der Waals surface area contributed by atoms with Crippen molar-refractivity contribution in [3.8, 4) is 0 Å². The van der Waals surface area contributed by atoms with Gasteiger partial charge >= 0.3 is 0 Å². The molecule has 18 heavy (non-hydrogen) atoms. The van der Waals surface area contributed by atoms with E-state index in [1.165, 1.54) is 0 Å². The molecule has 0 saturated heterocycles. The molecule has 0 saturated carbocycles. The zero-order valence-corrected chi connectivity index (χ0v) is 14.7. The fourth-order valence-electron chi connectivity index (χ4n) is 1.66. The van der Waals surface area contributed by atoms with Gasteiger partial charge in [-0.25, -0.2) is 8.42 Å².